The summed E-state index contributed by atoms with van der Waals surface area (Å²) in [4.78, 5) is 0. The lowest BCUT2D eigenvalue weighted by Crippen LogP contribution is -2.25. The number of aryl methyl sites for hydroxylation is 2. The molecule has 1 N–H and O–H groups in total. The number of nitrogens with one attached hydrogen (secondary N) is 1. The Kier molecular flexibility index (Phi) is 4.20. The summed E-state index contributed by atoms with van der Waals surface area (Å²) in [7, 11) is 0. The Hall–Kier alpha value is -1.55. The van der Waals surface area contributed by atoms with Gasteiger partial charge in [-0.05, 0) is 32.0 Å². The summed E-state index contributed by atoms with van der Waals surface area (Å²) in [5.41, 5.74) is 2.39. The number of rotatable bonds is 6. The Balaban J connectivity index is 2.35. The van der Waals surface area contributed by atoms with Gasteiger partial charge in [0.2, 0.25) is 0 Å². The Labute approximate surface area is 108 Å². The summed E-state index contributed by atoms with van der Waals surface area (Å²) in [6.45, 7) is 8.13. The molecule has 1 unspecified atom stereocenters. The first kappa shape index (κ1) is 12.9. The summed E-state index contributed by atoms with van der Waals surface area (Å²) in [5.74, 6) is 0.963. The molecule has 4 heteroatoms. The van der Waals surface area contributed by atoms with Crippen LogP contribution in [-0.4, -0.2) is 16.3 Å². The SMILES string of the molecule is CCCn1nccc1C(NCC)c1ccoc1C. The minimum Gasteiger partial charge on any atom is -0.469 e. The van der Waals surface area contributed by atoms with Gasteiger partial charge in [0.1, 0.15) is 5.76 Å². The second kappa shape index (κ2) is 5.87. The van der Waals surface area contributed by atoms with Crippen molar-refractivity contribution in [1.82, 2.24) is 15.1 Å². The molecule has 1 atom stereocenters. The minimum absolute atomic E-state index is 0.155. The fourth-order valence-corrected chi connectivity index (χ4v) is 2.26. The summed E-state index contributed by atoms with van der Waals surface area (Å²) in [6.07, 6.45) is 4.69. The molecular formula is C14H21N3O. The molecule has 0 aliphatic heterocycles. The van der Waals surface area contributed by atoms with Crippen LogP contribution in [0.15, 0.2) is 29.0 Å². The predicted molar refractivity (Wildman–Crippen MR) is 71.5 cm³/mol. The third-order valence-corrected chi connectivity index (χ3v) is 3.10. The number of furan rings is 1. The summed E-state index contributed by atoms with van der Waals surface area (Å²) >= 11 is 0. The first-order valence-corrected chi connectivity index (χ1v) is 6.57. The quantitative estimate of drug-likeness (QED) is 0.853. The van der Waals surface area contributed by atoms with E-state index in [4.69, 9.17) is 4.42 Å². The molecule has 98 valence electrons. The molecular weight excluding hydrogens is 226 g/mol. The van der Waals surface area contributed by atoms with E-state index in [0.29, 0.717) is 0 Å². The van der Waals surface area contributed by atoms with E-state index >= 15 is 0 Å². The Bertz CT molecular complexity index is 487. The maximum absolute atomic E-state index is 5.42. The van der Waals surface area contributed by atoms with Gasteiger partial charge in [-0.15, -0.1) is 0 Å². The van der Waals surface area contributed by atoms with Crippen molar-refractivity contribution in [3.05, 3.63) is 41.6 Å². The van der Waals surface area contributed by atoms with E-state index < -0.39 is 0 Å². The molecule has 0 aliphatic carbocycles. The molecule has 0 spiro atoms. The zero-order chi connectivity index (χ0) is 13.0. The van der Waals surface area contributed by atoms with Crippen molar-refractivity contribution in [3.8, 4) is 0 Å². The van der Waals surface area contributed by atoms with Crippen LogP contribution < -0.4 is 5.32 Å². The summed E-state index contributed by atoms with van der Waals surface area (Å²) in [6, 6.07) is 4.27. The molecule has 2 rings (SSSR count). The second-order valence-electron chi connectivity index (χ2n) is 4.40. The predicted octanol–water partition coefficient (Wildman–Crippen LogP) is 2.89. The van der Waals surface area contributed by atoms with Gasteiger partial charge in [-0.2, -0.15) is 5.10 Å². The molecule has 0 bridgehead atoms. The van der Waals surface area contributed by atoms with Crippen LogP contribution in [0.25, 0.3) is 0 Å². The van der Waals surface area contributed by atoms with Gasteiger partial charge in [-0.25, -0.2) is 0 Å². The molecule has 0 saturated heterocycles. The molecule has 0 aromatic carbocycles. The number of hydrogen-bond donors (Lipinski definition) is 1. The van der Waals surface area contributed by atoms with Crippen molar-refractivity contribution >= 4 is 0 Å². The Morgan fingerprint density at radius 1 is 1.39 bits per heavy atom. The molecule has 0 amide bonds. The van der Waals surface area contributed by atoms with Gasteiger partial charge in [0, 0.05) is 18.3 Å². The minimum atomic E-state index is 0.155. The van der Waals surface area contributed by atoms with E-state index in [0.717, 1.165) is 25.3 Å². The fraction of sp³-hybridized carbons (Fsp3) is 0.500. The molecule has 2 aromatic heterocycles. The highest BCUT2D eigenvalue weighted by Gasteiger charge is 2.20. The van der Waals surface area contributed by atoms with E-state index in [9.17, 15) is 0 Å². The number of aromatic nitrogens is 2. The van der Waals surface area contributed by atoms with Gasteiger partial charge in [-0.1, -0.05) is 13.8 Å². The standard InChI is InChI=1S/C14H21N3O/c1-4-9-17-13(6-8-16-17)14(15-5-2)12-7-10-18-11(12)3/h6-8,10,14-15H,4-5,9H2,1-3H3. The third-order valence-electron chi connectivity index (χ3n) is 3.10. The van der Waals surface area contributed by atoms with E-state index in [1.807, 2.05) is 19.2 Å². The summed E-state index contributed by atoms with van der Waals surface area (Å²) in [5, 5.41) is 7.90. The van der Waals surface area contributed by atoms with Crippen LogP contribution in [0.4, 0.5) is 0 Å². The lowest BCUT2D eigenvalue weighted by Gasteiger charge is -2.19. The molecule has 0 aliphatic rings. The molecule has 0 fully saturated rings. The lowest BCUT2D eigenvalue weighted by molar-refractivity contribution is 0.498. The van der Waals surface area contributed by atoms with Crippen LogP contribution in [0, 0.1) is 6.92 Å². The van der Waals surface area contributed by atoms with Crippen LogP contribution in [0.5, 0.6) is 0 Å². The van der Waals surface area contributed by atoms with Gasteiger partial charge < -0.3 is 9.73 Å². The summed E-state index contributed by atoms with van der Waals surface area (Å²) < 4.78 is 7.49. The van der Waals surface area contributed by atoms with Gasteiger partial charge in [-0.3, -0.25) is 4.68 Å². The highest BCUT2D eigenvalue weighted by Crippen LogP contribution is 2.25. The van der Waals surface area contributed by atoms with E-state index in [-0.39, 0.29) is 6.04 Å². The topological polar surface area (TPSA) is 43.0 Å². The first-order valence-electron chi connectivity index (χ1n) is 6.57. The van der Waals surface area contributed by atoms with Gasteiger partial charge >= 0.3 is 0 Å². The maximum Gasteiger partial charge on any atom is 0.105 e. The molecule has 0 saturated carbocycles. The molecule has 2 heterocycles. The van der Waals surface area contributed by atoms with Crippen LogP contribution in [0.1, 0.15) is 43.3 Å². The highest BCUT2D eigenvalue weighted by atomic mass is 16.3. The van der Waals surface area contributed by atoms with Gasteiger partial charge in [0.25, 0.3) is 0 Å². The van der Waals surface area contributed by atoms with Gasteiger partial charge in [0.15, 0.2) is 0 Å². The van der Waals surface area contributed by atoms with E-state index in [2.05, 4.69) is 35.0 Å². The van der Waals surface area contributed by atoms with Crippen molar-refractivity contribution in [2.75, 3.05) is 6.54 Å². The first-order chi connectivity index (χ1) is 8.77. The molecule has 2 aromatic rings. The Morgan fingerprint density at radius 2 is 2.22 bits per heavy atom. The fourth-order valence-electron chi connectivity index (χ4n) is 2.26. The van der Waals surface area contributed by atoms with Crippen LogP contribution >= 0.6 is 0 Å². The smallest absolute Gasteiger partial charge is 0.105 e. The monoisotopic (exact) mass is 247 g/mol. The van der Waals surface area contributed by atoms with Crippen molar-refractivity contribution < 1.29 is 4.42 Å². The van der Waals surface area contributed by atoms with Crippen LogP contribution in [-0.2, 0) is 6.54 Å². The van der Waals surface area contributed by atoms with E-state index in [1.165, 1.54) is 11.3 Å². The third kappa shape index (κ3) is 2.48. The van der Waals surface area contributed by atoms with Crippen molar-refractivity contribution in [2.24, 2.45) is 0 Å². The van der Waals surface area contributed by atoms with Crippen molar-refractivity contribution in [1.29, 1.82) is 0 Å². The Morgan fingerprint density at radius 3 is 2.83 bits per heavy atom. The van der Waals surface area contributed by atoms with Crippen LogP contribution in [0.3, 0.4) is 0 Å². The van der Waals surface area contributed by atoms with Crippen molar-refractivity contribution in [2.45, 2.75) is 39.8 Å². The second-order valence-corrected chi connectivity index (χ2v) is 4.40. The number of hydrogen-bond acceptors (Lipinski definition) is 3. The maximum atomic E-state index is 5.42. The molecule has 18 heavy (non-hydrogen) atoms. The normalized spacial score (nSPS) is 12.8. The molecule has 4 nitrogen and oxygen atoms in total. The van der Waals surface area contributed by atoms with Crippen molar-refractivity contribution in [3.63, 3.8) is 0 Å². The van der Waals surface area contributed by atoms with Gasteiger partial charge in [0.05, 0.1) is 18.0 Å². The average molecular weight is 247 g/mol. The van der Waals surface area contributed by atoms with Crippen LogP contribution in [0.2, 0.25) is 0 Å². The average Bonchev–Trinajstić information content (AvgIpc) is 2.96. The zero-order valence-electron chi connectivity index (χ0n) is 11.3. The lowest BCUT2D eigenvalue weighted by atomic mass is 10.0. The van der Waals surface area contributed by atoms with E-state index in [1.54, 1.807) is 6.26 Å². The number of nitrogens with zero attached hydrogens (tertiary/aromatic N) is 2. The largest absolute Gasteiger partial charge is 0.469 e. The molecule has 0 radical (unpaired) electrons. The zero-order valence-corrected chi connectivity index (χ0v) is 11.3. The highest BCUT2D eigenvalue weighted by molar-refractivity contribution is 5.29.